The number of ether oxygens (including phenoxy) is 1. The maximum Gasteiger partial charge on any atom is 0.329 e. The molecule has 0 saturated carbocycles. The molecule has 0 bridgehead atoms. The monoisotopic (exact) mass is 311 g/mol. The van der Waals surface area contributed by atoms with Gasteiger partial charge in [-0.2, -0.15) is 0 Å². The molecule has 0 aromatic heterocycles. The summed E-state index contributed by atoms with van der Waals surface area (Å²) in [6.07, 6.45) is 0. The average Bonchev–Trinajstić information content (AvgIpc) is 2.43. The van der Waals surface area contributed by atoms with Crippen LogP contribution in [0.1, 0.15) is 24.2 Å². The van der Waals surface area contributed by atoms with Crippen LogP contribution in [-0.4, -0.2) is 40.5 Å². The summed E-state index contributed by atoms with van der Waals surface area (Å²) in [6.45, 7) is 3.12. The van der Waals surface area contributed by atoms with Gasteiger partial charge >= 0.3 is 5.97 Å². The van der Waals surface area contributed by atoms with Crippen LogP contribution < -0.4 is 5.32 Å². The van der Waals surface area contributed by atoms with Crippen molar-refractivity contribution in [2.24, 2.45) is 0 Å². The smallest absolute Gasteiger partial charge is 0.329 e. The summed E-state index contributed by atoms with van der Waals surface area (Å²) in [5.74, 6) is -1.07. The predicted octanol–water partition coefficient (Wildman–Crippen LogP) is 1.33. The number of rotatable bonds is 6. The largest absolute Gasteiger partial charge is 0.507 e. The van der Waals surface area contributed by atoms with Crippen molar-refractivity contribution in [1.82, 2.24) is 5.32 Å². The summed E-state index contributed by atoms with van der Waals surface area (Å²) < 4.78 is 4.84. The van der Waals surface area contributed by atoms with Gasteiger partial charge in [-0.1, -0.05) is 23.9 Å². The highest BCUT2D eigenvalue weighted by atomic mass is 32.2. The number of hydrogen-bond donors (Lipinski definition) is 2. The van der Waals surface area contributed by atoms with Gasteiger partial charge in [-0.15, -0.1) is 0 Å². The van der Waals surface area contributed by atoms with E-state index >= 15 is 0 Å². The number of phenols is 1. The molecule has 2 N–H and O–H groups in total. The highest BCUT2D eigenvalue weighted by Crippen LogP contribution is 2.22. The zero-order valence-corrected chi connectivity index (χ0v) is 12.6. The molecule has 114 valence electrons. The number of thioether (sulfide) groups is 1. The maximum atomic E-state index is 12.0. The quantitative estimate of drug-likeness (QED) is 0.770. The topological polar surface area (TPSA) is 92.7 Å². The Morgan fingerprint density at radius 2 is 2.00 bits per heavy atom. The van der Waals surface area contributed by atoms with Gasteiger partial charge in [0.1, 0.15) is 11.8 Å². The van der Waals surface area contributed by atoms with Crippen molar-refractivity contribution < 1.29 is 24.2 Å². The van der Waals surface area contributed by atoms with Crippen LogP contribution in [0.15, 0.2) is 24.3 Å². The number of carbonyl (C=O) groups excluding carboxylic acids is 3. The first-order chi connectivity index (χ1) is 9.95. The molecule has 0 aliphatic carbocycles. The molecule has 0 fully saturated rings. The van der Waals surface area contributed by atoms with Crippen molar-refractivity contribution in [3.8, 4) is 5.75 Å². The van der Waals surface area contributed by atoms with Crippen LogP contribution in [0.3, 0.4) is 0 Å². The van der Waals surface area contributed by atoms with Crippen molar-refractivity contribution in [1.29, 1.82) is 0 Å². The number of para-hydroxylation sites is 1. The molecule has 1 atom stereocenters. The molecule has 0 radical (unpaired) electrons. The van der Waals surface area contributed by atoms with Gasteiger partial charge in [-0.25, -0.2) is 4.79 Å². The Labute approximate surface area is 126 Å². The number of aromatic hydroxyl groups is 1. The fourth-order valence-corrected chi connectivity index (χ4v) is 2.41. The zero-order chi connectivity index (χ0) is 15.8. The van der Waals surface area contributed by atoms with E-state index in [4.69, 9.17) is 4.74 Å². The summed E-state index contributed by atoms with van der Waals surface area (Å²) in [4.78, 5) is 34.7. The summed E-state index contributed by atoms with van der Waals surface area (Å²) in [5, 5.41) is 11.6. The first kappa shape index (κ1) is 17.0. The van der Waals surface area contributed by atoms with Gasteiger partial charge < -0.3 is 15.2 Å². The Hall–Kier alpha value is -2.02. The average molecular weight is 311 g/mol. The van der Waals surface area contributed by atoms with Crippen LogP contribution in [-0.2, 0) is 14.3 Å². The van der Waals surface area contributed by atoms with Crippen LogP contribution in [0, 0.1) is 0 Å². The predicted molar refractivity (Wildman–Crippen MR) is 79.1 cm³/mol. The number of nitrogens with one attached hydrogen (secondary N) is 1. The van der Waals surface area contributed by atoms with Gasteiger partial charge in [0.05, 0.1) is 12.2 Å². The first-order valence-corrected chi connectivity index (χ1v) is 7.33. The van der Waals surface area contributed by atoms with E-state index < -0.39 is 12.0 Å². The molecule has 1 amide bonds. The number of carbonyl (C=O) groups is 3. The molecule has 0 heterocycles. The van der Waals surface area contributed by atoms with Crippen LogP contribution in [0.4, 0.5) is 0 Å². The van der Waals surface area contributed by atoms with Gasteiger partial charge in [0, 0.05) is 12.7 Å². The molecule has 6 nitrogen and oxygen atoms in total. The van der Waals surface area contributed by atoms with E-state index in [1.165, 1.54) is 19.1 Å². The second-order valence-corrected chi connectivity index (χ2v) is 5.11. The molecule has 21 heavy (non-hydrogen) atoms. The fourth-order valence-electron chi connectivity index (χ4n) is 1.54. The Morgan fingerprint density at radius 3 is 2.57 bits per heavy atom. The third-order valence-electron chi connectivity index (χ3n) is 2.45. The summed E-state index contributed by atoms with van der Waals surface area (Å²) >= 11 is 0.833. The van der Waals surface area contributed by atoms with Crippen molar-refractivity contribution in [3.05, 3.63) is 29.8 Å². The van der Waals surface area contributed by atoms with E-state index in [0.29, 0.717) is 0 Å². The molecular weight excluding hydrogens is 294 g/mol. The minimum atomic E-state index is -0.901. The number of amides is 1. The van der Waals surface area contributed by atoms with Gasteiger partial charge in [0.25, 0.3) is 0 Å². The highest BCUT2D eigenvalue weighted by molar-refractivity contribution is 8.14. The molecule has 1 unspecified atom stereocenters. The van der Waals surface area contributed by atoms with E-state index in [1.54, 1.807) is 19.1 Å². The van der Waals surface area contributed by atoms with Gasteiger partial charge in [-0.3, -0.25) is 9.59 Å². The summed E-state index contributed by atoms with van der Waals surface area (Å²) in [6, 6.07) is 5.23. The lowest BCUT2D eigenvalue weighted by molar-refractivity contribution is -0.146. The maximum absolute atomic E-state index is 12.0. The SMILES string of the molecule is CCOC(=O)C(CSC(=O)c1ccccc1O)NC(C)=O. The van der Waals surface area contributed by atoms with Gasteiger partial charge in [-0.05, 0) is 19.1 Å². The molecule has 0 aliphatic rings. The van der Waals surface area contributed by atoms with E-state index in [9.17, 15) is 19.5 Å². The minimum Gasteiger partial charge on any atom is -0.507 e. The van der Waals surface area contributed by atoms with Crippen molar-refractivity contribution >= 4 is 28.8 Å². The number of esters is 1. The Balaban J connectivity index is 2.68. The Bertz CT molecular complexity index is 532. The zero-order valence-electron chi connectivity index (χ0n) is 11.8. The third-order valence-corrected chi connectivity index (χ3v) is 3.44. The van der Waals surface area contributed by atoms with Gasteiger partial charge in [0.2, 0.25) is 11.0 Å². The molecule has 0 aliphatic heterocycles. The lowest BCUT2D eigenvalue weighted by Crippen LogP contribution is -2.42. The third kappa shape index (κ3) is 5.47. The van der Waals surface area contributed by atoms with Crippen LogP contribution in [0.5, 0.6) is 5.75 Å². The normalized spacial score (nSPS) is 11.5. The van der Waals surface area contributed by atoms with Crippen molar-refractivity contribution in [3.63, 3.8) is 0 Å². The summed E-state index contributed by atoms with van der Waals surface area (Å²) in [5.41, 5.74) is 0.160. The molecule has 1 aromatic carbocycles. The molecule has 0 spiro atoms. The molecule has 1 aromatic rings. The first-order valence-electron chi connectivity index (χ1n) is 6.34. The fraction of sp³-hybridized carbons (Fsp3) is 0.357. The summed E-state index contributed by atoms with van der Waals surface area (Å²) in [7, 11) is 0. The molecule has 0 saturated heterocycles. The van der Waals surface area contributed by atoms with Crippen LogP contribution in [0.25, 0.3) is 0 Å². The molecular formula is C14H17NO5S. The van der Waals surface area contributed by atoms with Crippen LogP contribution in [0.2, 0.25) is 0 Å². The van der Waals surface area contributed by atoms with Crippen molar-refractivity contribution in [2.75, 3.05) is 12.4 Å². The van der Waals surface area contributed by atoms with E-state index in [0.717, 1.165) is 11.8 Å². The molecule has 1 rings (SSSR count). The lowest BCUT2D eigenvalue weighted by atomic mass is 10.2. The van der Waals surface area contributed by atoms with E-state index in [1.807, 2.05) is 0 Å². The van der Waals surface area contributed by atoms with Gasteiger partial charge in [0.15, 0.2) is 0 Å². The molecule has 7 heteroatoms. The van der Waals surface area contributed by atoms with E-state index in [2.05, 4.69) is 5.32 Å². The standard InChI is InChI=1S/C14H17NO5S/c1-3-20-13(18)11(15-9(2)16)8-21-14(19)10-6-4-5-7-12(10)17/h4-7,11,17H,3,8H2,1-2H3,(H,15,16). The lowest BCUT2D eigenvalue weighted by Gasteiger charge is -2.15. The minimum absolute atomic E-state index is 0.0333. The second kappa shape index (κ2) is 8.31. The van der Waals surface area contributed by atoms with E-state index in [-0.39, 0.29) is 34.7 Å². The highest BCUT2D eigenvalue weighted by Gasteiger charge is 2.23. The Kier molecular flexibility index (Phi) is 6.74. The Morgan fingerprint density at radius 1 is 1.33 bits per heavy atom. The number of hydrogen-bond acceptors (Lipinski definition) is 6. The number of phenolic OH excluding ortho intramolecular Hbond substituents is 1. The second-order valence-electron chi connectivity index (χ2n) is 4.12. The van der Waals surface area contributed by atoms with Crippen LogP contribution >= 0.6 is 11.8 Å². The van der Waals surface area contributed by atoms with Crippen molar-refractivity contribution in [2.45, 2.75) is 19.9 Å². The number of benzene rings is 1.